The number of rotatable bonds is 3. The summed E-state index contributed by atoms with van der Waals surface area (Å²) in [6.45, 7) is 3.69. The third-order valence-corrected chi connectivity index (χ3v) is 5.72. The van der Waals surface area contributed by atoms with Crippen molar-refractivity contribution >= 4 is 58.2 Å². The molecule has 4 aromatic heterocycles. The monoisotopic (exact) mass is 451 g/mol. The fourth-order valence-corrected chi connectivity index (χ4v) is 3.31. The molecule has 0 bridgehead atoms. The SMILES string of the molecule is Cc1c(Cl)nc2c(C=O)cnn2c1NC1CC1.Cc1c(Cl)nc2ccnn2c1Cl. The van der Waals surface area contributed by atoms with E-state index in [9.17, 15) is 4.79 Å². The number of halogens is 3. The molecule has 1 N–H and O–H groups in total. The van der Waals surface area contributed by atoms with Gasteiger partial charge < -0.3 is 5.32 Å². The lowest BCUT2D eigenvalue weighted by Gasteiger charge is -2.11. The molecule has 29 heavy (non-hydrogen) atoms. The van der Waals surface area contributed by atoms with E-state index in [1.807, 2.05) is 6.92 Å². The Morgan fingerprint density at radius 2 is 1.79 bits per heavy atom. The summed E-state index contributed by atoms with van der Waals surface area (Å²) in [5, 5.41) is 12.9. The van der Waals surface area contributed by atoms with Gasteiger partial charge >= 0.3 is 0 Å². The number of nitrogens with zero attached hydrogens (tertiary/aromatic N) is 6. The molecule has 0 aromatic carbocycles. The summed E-state index contributed by atoms with van der Waals surface area (Å²) in [6, 6.07) is 2.23. The smallest absolute Gasteiger partial charge is 0.169 e. The summed E-state index contributed by atoms with van der Waals surface area (Å²) in [7, 11) is 0. The van der Waals surface area contributed by atoms with Crippen molar-refractivity contribution in [3.63, 3.8) is 0 Å². The predicted molar refractivity (Wildman–Crippen MR) is 113 cm³/mol. The van der Waals surface area contributed by atoms with Crippen molar-refractivity contribution in [2.75, 3.05) is 5.32 Å². The molecule has 1 saturated carbocycles. The second-order valence-corrected chi connectivity index (χ2v) is 7.74. The van der Waals surface area contributed by atoms with Crippen molar-refractivity contribution in [3.8, 4) is 0 Å². The molecule has 1 aliphatic rings. The van der Waals surface area contributed by atoms with Gasteiger partial charge in [-0.2, -0.15) is 14.7 Å². The molecule has 150 valence electrons. The summed E-state index contributed by atoms with van der Waals surface area (Å²) in [6.07, 6.45) is 6.18. The molecule has 0 saturated heterocycles. The van der Waals surface area contributed by atoms with Crippen LogP contribution in [0.1, 0.15) is 34.3 Å². The summed E-state index contributed by atoms with van der Waals surface area (Å²) in [5.41, 5.74) is 3.21. The van der Waals surface area contributed by atoms with Crippen LogP contribution in [0.2, 0.25) is 15.5 Å². The highest BCUT2D eigenvalue weighted by molar-refractivity contribution is 6.34. The largest absolute Gasteiger partial charge is 0.367 e. The van der Waals surface area contributed by atoms with Crippen LogP contribution in [0.4, 0.5) is 5.82 Å². The number of nitrogens with one attached hydrogen (secondary N) is 1. The van der Waals surface area contributed by atoms with Gasteiger partial charge in [-0.1, -0.05) is 34.8 Å². The Morgan fingerprint density at radius 3 is 2.48 bits per heavy atom. The van der Waals surface area contributed by atoms with Crippen LogP contribution in [0.15, 0.2) is 18.5 Å². The maximum Gasteiger partial charge on any atom is 0.169 e. The Kier molecular flexibility index (Phi) is 5.33. The van der Waals surface area contributed by atoms with Crippen molar-refractivity contribution in [3.05, 3.63) is 50.6 Å². The molecule has 0 amide bonds. The van der Waals surface area contributed by atoms with E-state index >= 15 is 0 Å². The van der Waals surface area contributed by atoms with Crippen LogP contribution in [0.3, 0.4) is 0 Å². The Labute approximate surface area is 180 Å². The minimum Gasteiger partial charge on any atom is -0.367 e. The Morgan fingerprint density at radius 1 is 1.07 bits per heavy atom. The topological polar surface area (TPSA) is 89.5 Å². The van der Waals surface area contributed by atoms with Gasteiger partial charge in [0, 0.05) is 23.2 Å². The minimum atomic E-state index is 0.407. The quantitative estimate of drug-likeness (QED) is 0.365. The molecule has 1 aliphatic carbocycles. The van der Waals surface area contributed by atoms with Crippen LogP contribution in [0, 0.1) is 13.8 Å². The summed E-state index contributed by atoms with van der Waals surface area (Å²) < 4.78 is 3.19. The van der Waals surface area contributed by atoms with Gasteiger partial charge in [-0.15, -0.1) is 0 Å². The first-order valence-electron chi connectivity index (χ1n) is 8.81. The van der Waals surface area contributed by atoms with Gasteiger partial charge in [-0.05, 0) is 26.7 Å². The van der Waals surface area contributed by atoms with Crippen LogP contribution >= 0.6 is 34.8 Å². The van der Waals surface area contributed by atoms with E-state index < -0.39 is 0 Å². The van der Waals surface area contributed by atoms with Crippen molar-refractivity contribution in [1.82, 2.24) is 29.2 Å². The van der Waals surface area contributed by atoms with E-state index in [0.717, 1.165) is 36.1 Å². The number of fused-ring (bicyclic) bond motifs is 2. The molecule has 4 aromatic rings. The van der Waals surface area contributed by atoms with Gasteiger partial charge in [0.1, 0.15) is 21.3 Å². The maximum atomic E-state index is 10.9. The second-order valence-electron chi connectivity index (χ2n) is 6.67. The highest BCUT2D eigenvalue weighted by atomic mass is 35.5. The molecule has 4 heterocycles. The first-order valence-corrected chi connectivity index (χ1v) is 9.95. The number of carbonyl (C=O) groups excluding carboxylic acids is 1. The predicted octanol–water partition coefficient (Wildman–Crippen LogP) is 4.42. The second kappa shape index (κ2) is 7.78. The lowest BCUT2D eigenvalue weighted by atomic mass is 10.3. The number of aldehydes is 1. The Balaban J connectivity index is 0.000000150. The van der Waals surface area contributed by atoms with Crippen molar-refractivity contribution in [1.29, 1.82) is 0 Å². The van der Waals surface area contributed by atoms with Crippen LogP contribution in [-0.4, -0.2) is 41.5 Å². The minimum absolute atomic E-state index is 0.407. The molecule has 0 aliphatic heterocycles. The fraction of sp³-hybridized carbons (Fsp3) is 0.278. The standard InChI is InChI=1S/C11H11ClN4O.C7H5Cl2N3/c1-6-9(12)15-11-7(5-17)4-13-16(11)10(6)14-8-2-3-8;1-4-6(8)11-5-2-3-10-12(5)7(4)9/h4-5,8,14H,2-3H2,1H3;2-3H,1H3. The lowest BCUT2D eigenvalue weighted by molar-refractivity contribution is 0.112. The Bertz CT molecular complexity index is 1230. The molecule has 0 atom stereocenters. The van der Waals surface area contributed by atoms with E-state index in [-0.39, 0.29) is 0 Å². The zero-order valence-electron chi connectivity index (χ0n) is 15.5. The summed E-state index contributed by atoms with van der Waals surface area (Å²) in [5.74, 6) is 0.829. The van der Waals surface area contributed by atoms with Crippen LogP contribution in [-0.2, 0) is 0 Å². The first kappa shape index (κ1) is 19.9. The number of aromatic nitrogens is 6. The number of hydrogen-bond acceptors (Lipinski definition) is 6. The molecule has 1 fully saturated rings. The average Bonchev–Trinajstić information content (AvgIpc) is 3.24. The van der Waals surface area contributed by atoms with Crippen molar-refractivity contribution in [2.24, 2.45) is 0 Å². The van der Waals surface area contributed by atoms with E-state index in [1.165, 1.54) is 6.20 Å². The molecule has 0 spiro atoms. The van der Waals surface area contributed by atoms with Crippen LogP contribution in [0.5, 0.6) is 0 Å². The van der Waals surface area contributed by atoms with E-state index in [2.05, 4.69) is 25.5 Å². The zero-order chi connectivity index (χ0) is 20.7. The number of anilines is 1. The van der Waals surface area contributed by atoms with Gasteiger partial charge in [0.25, 0.3) is 0 Å². The van der Waals surface area contributed by atoms with Gasteiger partial charge in [0.15, 0.2) is 17.6 Å². The van der Waals surface area contributed by atoms with Crippen LogP contribution < -0.4 is 5.32 Å². The molecule has 11 heteroatoms. The number of carbonyl (C=O) groups is 1. The van der Waals surface area contributed by atoms with E-state index in [1.54, 1.807) is 28.2 Å². The van der Waals surface area contributed by atoms with Crippen molar-refractivity contribution in [2.45, 2.75) is 32.7 Å². The third-order valence-electron chi connectivity index (χ3n) is 4.54. The summed E-state index contributed by atoms with van der Waals surface area (Å²) in [4.78, 5) is 19.1. The molecule has 5 rings (SSSR count). The number of hydrogen-bond donors (Lipinski definition) is 1. The summed E-state index contributed by atoms with van der Waals surface area (Å²) >= 11 is 17.8. The van der Waals surface area contributed by atoms with Crippen LogP contribution in [0.25, 0.3) is 11.3 Å². The molecular formula is C18H16Cl3N7O. The molecule has 0 radical (unpaired) electrons. The highest BCUT2D eigenvalue weighted by Gasteiger charge is 2.24. The Hall–Kier alpha value is -2.42. The van der Waals surface area contributed by atoms with Gasteiger partial charge in [-0.3, -0.25) is 4.79 Å². The van der Waals surface area contributed by atoms with Gasteiger partial charge in [0.2, 0.25) is 0 Å². The zero-order valence-corrected chi connectivity index (χ0v) is 17.8. The lowest BCUT2D eigenvalue weighted by Crippen LogP contribution is -2.10. The van der Waals surface area contributed by atoms with Gasteiger partial charge in [-0.25, -0.2) is 14.5 Å². The van der Waals surface area contributed by atoms with Gasteiger partial charge in [0.05, 0.1) is 18.0 Å². The normalized spacial score (nSPS) is 13.4. The van der Waals surface area contributed by atoms with E-state index in [0.29, 0.717) is 38.4 Å². The molecule has 8 nitrogen and oxygen atoms in total. The average molecular weight is 453 g/mol. The van der Waals surface area contributed by atoms with E-state index in [4.69, 9.17) is 34.8 Å². The highest BCUT2D eigenvalue weighted by Crippen LogP contribution is 2.30. The molecular weight excluding hydrogens is 437 g/mol. The third kappa shape index (κ3) is 3.75. The van der Waals surface area contributed by atoms with Crippen molar-refractivity contribution < 1.29 is 4.79 Å². The molecule has 0 unspecified atom stereocenters. The maximum absolute atomic E-state index is 10.9. The first-order chi connectivity index (χ1) is 13.9. The fourth-order valence-electron chi connectivity index (χ4n) is 2.70.